The fraction of sp³-hybridized carbons (Fsp3) is 0.500. The highest BCUT2D eigenvalue weighted by Gasteiger charge is 2.35. The minimum atomic E-state index is -1.09. The summed E-state index contributed by atoms with van der Waals surface area (Å²) in [6, 6.07) is 4.35. The molecule has 0 unspecified atom stereocenters. The van der Waals surface area contributed by atoms with Gasteiger partial charge >= 0.3 is 0 Å². The molecule has 2 saturated heterocycles. The number of amides is 3. The molecule has 0 spiro atoms. The predicted octanol–water partition coefficient (Wildman–Crippen LogP) is 0.774. The number of aromatic nitrogens is 1. The van der Waals surface area contributed by atoms with Crippen molar-refractivity contribution in [1.82, 2.24) is 19.5 Å². The van der Waals surface area contributed by atoms with Gasteiger partial charge in [0.25, 0.3) is 11.8 Å². The maximum atomic E-state index is 13.9. The molecule has 0 saturated carbocycles. The van der Waals surface area contributed by atoms with Crippen LogP contribution in [-0.4, -0.2) is 90.5 Å². The average molecular weight is 535 g/mol. The number of nitrogens with two attached hydrogens (primary N) is 2. The lowest BCUT2D eigenvalue weighted by molar-refractivity contribution is -0.126. The van der Waals surface area contributed by atoms with E-state index < -0.39 is 29.6 Å². The van der Waals surface area contributed by atoms with Crippen LogP contribution in [0.2, 0.25) is 0 Å². The molecule has 2 atom stereocenters. The number of carbonyl (C=O) groups excluding carboxylic acids is 3. The minimum absolute atomic E-state index is 0.00909. The Morgan fingerprint density at radius 3 is 2.57 bits per heavy atom. The number of nitrogen functional groups attached to an aromatic ring is 1. The molecule has 0 radical (unpaired) electrons. The van der Waals surface area contributed by atoms with Crippen LogP contribution in [0.15, 0.2) is 24.3 Å². The van der Waals surface area contributed by atoms with E-state index in [1.165, 1.54) is 29.2 Å². The van der Waals surface area contributed by atoms with Gasteiger partial charge in [0, 0.05) is 39.3 Å². The Labute approximate surface area is 218 Å². The molecule has 1 aromatic carbocycles. The first-order valence-electron chi connectivity index (χ1n) is 12.2. The van der Waals surface area contributed by atoms with Gasteiger partial charge in [0.1, 0.15) is 16.7 Å². The molecular weight excluding hydrogens is 503 g/mol. The summed E-state index contributed by atoms with van der Waals surface area (Å²) in [7, 11) is 0. The van der Waals surface area contributed by atoms with E-state index in [-0.39, 0.29) is 35.5 Å². The lowest BCUT2D eigenvalue weighted by atomic mass is 10.0. The standard InChI is InChI=1S/C24H31FN6O5S/c25-16-5-3-15(4-6-16)20(23(33)28-14-17-2-1-11-36-17)31(8-7-30-9-12-35-13-10-30)24(34)21-18(26)19(22(27)32)29-37-21/h3-6,17,20H,1-2,7-14,26H2,(H2,27,32)(H,28,33)/t17-,20+/m0/s1. The summed E-state index contributed by atoms with van der Waals surface area (Å²) < 4.78 is 28.7. The summed E-state index contributed by atoms with van der Waals surface area (Å²) in [5.41, 5.74) is 11.5. The van der Waals surface area contributed by atoms with Gasteiger partial charge in [-0.2, -0.15) is 4.37 Å². The third kappa shape index (κ3) is 6.60. The number of hydrogen-bond acceptors (Lipinski definition) is 9. The summed E-state index contributed by atoms with van der Waals surface area (Å²) in [5.74, 6) is -2.32. The first-order chi connectivity index (χ1) is 17.8. The summed E-state index contributed by atoms with van der Waals surface area (Å²) >= 11 is 0.751. The van der Waals surface area contributed by atoms with Gasteiger partial charge < -0.3 is 31.2 Å². The third-order valence-electron chi connectivity index (χ3n) is 6.45. The van der Waals surface area contributed by atoms with Crippen LogP contribution in [0.4, 0.5) is 10.1 Å². The normalized spacial score (nSPS) is 18.9. The molecule has 1 aromatic heterocycles. The number of hydrogen-bond donors (Lipinski definition) is 3. The largest absolute Gasteiger partial charge is 0.395 e. The number of nitrogens with one attached hydrogen (secondary N) is 1. The zero-order valence-corrected chi connectivity index (χ0v) is 21.2. The summed E-state index contributed by atoms with van der Waals surface area (Å²) in [5, 5.41) is 2.90. The van der Waals surface area contributed by atoms with Gasteiger partial charge in [0.15, 0.2) is 5.69 Å². The molecule has 2 aromatic rings. The van der Waals surface area contributed by atoms with E-state index in [9.17, 15) is 18.8 Å². The van der Waals surface area contributed by atoms with Crippen molar-refractivity contribution in [2.24, 2.45) is 5.73 Å². The molecule has 4 rings (SSSR count). The fourth-order valence-electron chi connectivity index (χ4n) is 4.42. The molecule has 11 nitrogen and oxygen atoms in total. The second-order valence-electron chi connectivity index (χ2n) is 8.93. The maximum Gasteiger partial charge on any atom is 0.270 e. The van der Waals surface area contributed by atoms with Crippen molar-refractivity contribution in [3.63, 3.8) is 0 Å². The van der Waals surface area contributed by atoms with Crippen molar-refractivity contribution >= 4 is 34.9 Å². The number of anilines is 1. The maximum absolute atomic E-state index is 13.9. The van der Waals surface area contributed by atoms with E-state index in [1.807, 2.05) is 0 Å². The number of halogens is 1. The van der Waals surface area contributed by atoms with Crippen molar-refractivity contribution in [2.45, 2.75) is 25.0 Å². The molecule has 2 fully saturated rings. The van der Waals surface area contributed by atoms with Crippen LogP contribution in [0.3, 0.4) is 0 Å². The lowest BCUT2D eigenvalue weighted by Gasteiger charge is -2.34. The van der Waals surface area contributed by atoms with Crippen molar-refractivity contribution in [1.29, 1.82) is 0 Å². The van der Waals surface area contributed by atoms with E-state index in [0.717, 1.165) is 24.4 Å². The number of benzene rings is 1. The number of ether oxygens (including phenoxy) is 2. The predicted molar refractivity (Wildman–Crippen MR) is 134 cm³/mol. The van der Waals surface area contributed by atoms with Crippen molar-refractivity contribution in [3.05, 3.63) is 46.2 Å². The number of carbonyl (C=O) groups is 3. The number of nitrogens with zero attached hydrogens (tertiary/aromatic N) is 3. The molecule has 0 bridgehead atoms. The molecule has 5 N–H and O–H groups in total. The summed E-state index contributed by atoms with van der Waals surface area (Å²) in [4.78, 5) is 42.7. The molecular formula is C24H31FN6O5S. The third-order valence-corrected chi connectivity index (χ3v) is 7.30. The monoisotopic (exact) mass is 534 g/mol. The lowest BCUT2D eigenvalue weighted by Crippen LogP contribution is -2.49. The molecule has 0 aliphatic carbocycles. The zero-order chi connectivity index (χ0) is 26.4. The van der Waals surface area contributed by atoms with Crippen LogP contribution < -0.4 is 16.8 Å². The SMILES string of the molecule is NC(=O)c1nsc(C(=O)N(CCN2CCOCC2)[C@@H](C(=O)NC[C@@H]2CCCO2)c2ccc(F)cc2)c1N. The Hall–Kier alpha value is -3.13. The summed E-state index contributed by atoms with van der Waals surface area (Å²) in [6.45, 7) is 4.06. The Kier molecular flexibility index (Phi) is 9.03. The second kappa shape index (κ2) is 12.4. The molecule has 13 heteroatoms. The van der Waals surface area contributed by atoms with Gasteiger partial charge in [-0.3, -0.25) is 19.3 Å². The number of morpholine rings is 1. The van der Waals surface area contributed by atoms with Crippen molar-refractivity contribution in [2.75, 3.05) is 58.3 Å². The Bertz CT molecular complexity index is 1100. The second-order valence-corrected chi connectivity index (χ2v) is 9.70. The Morgan fingerprint density at radius 1 is 1.22 bits per heavy atom. The molecule has 2 aliphatic rings. The highest BCUT2D eigenvalue weighted by atomic mass is 32.1. The smallest absolute Gasteiger partial charge is 0.270 e. The van der Waals surface area contributed by atoms with E-state index in [2.05, 4.69) is 14.6 Å². The quantitative estimate of drug-likeness (QED) is 0.404. The molecule has 2 aliphatic heterocycles. The van der Waals surface area contributed by atoms with Crippen LogP contribution in [0, 0.1) is 5.82 Å². The fourth-order valence-corrected chi connectivity index (χ4v) is 5.18. The molecule has 3 heterocycles. The van der Waals surface area contributed by atoms with Gasteiger partial charge in [0.05, 0.1) is 25.0 Å². The topological polar surface area (TPSA) is 153 Å². The highest BCUT2D eigenvalue weighted by molar-refractivity contribution is 7.09. The first kappa shape index (κ1) is 26.9. The molecule has 3 amide bonds. The molecule has 37 heavy (non-hydrogen) atoms. The minimum Gasteiger partial charge on any atom is -0.395 e. The Balaban J connectivity index is 1.66. The van der Waals surface area contributed by atoms with E-state index >= 15 is 0 Å². The first-order valence-corrected chi connectivity index (χ1v) is 12.9. The van der Waals surface area contributed by atoms with E-state index in [4.69, 9.17) is 20.9 Å². The van der Waals surface area contributed by atoms with Gasteiger partial charge in [-0.15, -0.1) is 0 Å². The average Bonchev–Trinajstić information content (AvgIpc) is 3.56. The van der Waals surface area contributed by atoms with Crippen LogP contribution in [-0.2, 0) is 14.3 Å². The summed E-state index contributed by atoms with van der Waals surface area (Å²) in [6.07, 6.45) is 1.64. The molecule has 200 valence electrons. The van der Waals surface area contributed by atoms with Crippen molar-refractivity contribution in [3.8, 4) is 0 Å². The van der Waals surface area contributed by atoms with E-state index in [1.54, 1.807) is 0 Å². The number of rotatable bonds is 10. The van der Waals surface area contributed by atoms with Crippen LogP contribution in [0.5, 0.6) is 0 Å². The van der Waals surface area contributed by atoms with Crippen LogP contribution in [0.1, 0.15) is 44.6 Å². The van der Waals surface area contributed by atoms with Gasteiger partial charge in [-0.1, -0.05) is 12.1 Å². The van der Waals surface area contributed by atoms with Gasteiger partial charge in [0.2, 0.25) is 5.91 Å². The van der Waals surface area contributed by atoms with Crippen LogP contribution in [0.25, 0.3) is 0 Å². The highest BCUT2D eigenvalue weighted by Crippen LogP contribution is 2.29. The van der Waals surface area contributed by atoms with Gasteiger partial charge in [-0.05, 0) is 42.1 Å². The van der Waals surface area contributed by atoms with Crippen LogP contribution >= 0.6 is 11.5 Å². The Morgan fingerprint density at radius 2 is 1.95 bits per heavy atom. The zero-order valence-electron chi connectivity index (χ0n) is 20.4. The van der Waals surface area contributed by atoms with E-state index in [0.29, 0.717) is 45.0 Å². The van der Waals surface area contributed by atoms with Gasteiger partial charge in [-0.25, -0.2) is 4.39 Å². The number of primary amides is 1. The van der Waals surface area contributed by atoms with Crippen molar-refractivity contribution < 1.29 is 28.2 Å².